The minimum Gasteiger partial charge on any atom is -0.497 e. The predicted octanol–water partition coefficient (Wildman–Crippen LogP) is 2.05. The Balaban J connectivity index is 2.59. The third kappa shape index (κ3) is 4.14. The molecule has 0 saturated carbocycles. The topological polar surface area (TPSA) is 59.9 Å². The number of anilines is 1. The van der Waals surface area contributed by atoms with Gasteiger partial charge in [0.25, 0.3) is 0 Å². The summed E-state index contributed by atoms with van der Waals surface area (Å²) in [6.07, 6.45) is 0. The van der Waals surface area contributed by atoms with Crippen molar-refractivity contribution in [3.8, 4) is 5.75 Å². The lowest BCUT2D eigenvalue weighted by Gasteiger charge is -2.04. The Morgan fingerprint density at radius 3 is 2.53 bits per heavy atom. The van der Waals surface area contributed by atoms with E-state index in [1.807, 2.05) is 0 Å². The quantitative estimate of drug-likeness (QED) is 0.483. The summed E-state index contributed by atoms with van der Waals surface area (Å²) in [5.41, 5.74) is 3.82. The molecule has 0 atom stereocenters. The van der Waals surface area contributed by atoms with Crippen molar-refractivity contribution >= 4 is 17.4 Å². The van der Waals surface area contributed by atoms with Crippen LogP contribution in [0.5, 0.6) is 5.75 Å². The molecule has 0 bridgehead atoms. The van der Waals surface area contributed by atoms with Crippen LogP contribution in [0.2, 0.25) is 0 Å². The van der Waals surface area contributed by atoms with Gasteiger partial charge in [-0.1, -0.05) is 0 Å². The molecule has 92 valence electrons. The first-order valence-electron chi connectivity index (χ1n) is 5.28. The van der Waals surface area contributed by atoms with Gasteiger partial charge in [0.1, 0.15) is 11.5 Å². The third-order valence-corrected chi connectivity index (χ3v) is 2.01. The highest BCUT2D eigenvalue weighted by Gasteiger charge is 2.05. The fourth-order valence-corrected chi connectivity index (χ4v) is 1.10. The summed E-state index contributed by atoms with van der Waals surface area (Å²) in [5.74, 6) is 0.343. The molecule has 0 aliphatic heterocycles. The van der Waals surface area contributed by atoms with Gasteiger partial charge in [-0.2, -0.15) is 5.10 Å². The summed E-state index contributed by atoms with van der Waals surface area (Å²) in [5, 5.41) is 3.92. The summed E-state index contributed by atoms with van der Waals surface area (Å²) in [4.78, 5) is 11.3. The fraction of sp³-hybridized carbons (Fsp3) is 0.333. The van der Waals surface area contributed by atoms with E-state index in [-0.39, 0.29) is 5.71 Å². The molecule has 1 N–H and O–H groups in total. The van der Waals surface area contributed by atoms with E-state index in [2.05, 4.69) is 10.5 Å². The number of hydrazone groups is 1. The van der Waals surface area contributed by atoms with Gasteiger partial charge in [-0.25, -0.2) is 4.79 Å². The van der Waals surface area contributed by atoms with Gasteiger partial charge in [0.2, 0.25) is 0 Å². The maximum Gasteiger partial charge on any atom is 0.354 e. The monoisotopic (exact) mass is 236 g/mol. The number of hydrogen-bond donors (Lipinski definition) is 1. The maximum atomic E-state index is 11.3. The second-order valence-corrected chi connectivity index (χ2v) is 3.26. The molecule has 0 fully saturated rings. The second-order valence-electron chi connectivity index (χ2n) is 3.26. The Hall–Kier alpha value is -2.04. The predicted molar refractivity (Wildman–Crippen MR) is 66.4 cm³/mol. The average Bonchev–Trinajstić information content (AvgIpc) is 2.36. The van der Waals surface area contributed by atoms with Gasteiger partial charge in [-0.05, 0) is 38.1 Å². The smallest absolute Gasteiger partial charge is 0.354 e. The summed E-state index contributed by atoms with van der Waals surface area (Å²) >= 11 is 0. The van der Waals surface area contributed by atoms with Gasteiger partial charge in [-0.3, -0.25) is 5.43 Å². The van der Waals surface area contributed by atoms with E-state index in [1.54, 1.807) is 45.2 Å². The molecule has 5 nitrogen and oxygen atoms in total. The van der Waals surface area contributed by atoms with Crippen molar-refractivity contribution < 1.29 is 14.3 Å². The van der Waals surface area contributed by atoms with E-state index in [9.17, 15) is 4.79 Å². The Morgan fingerprint density at radius 2 is 2.00 bits per heavy atom. The van der Waals surface area contributed by atoms with Gasteiger partial charge in [-0.15, -0.1) is 0 Å². The Bertz CT molecular complexity index is 399. The maximum absolute atomic E-state index is 11.3. The lowest BCUT2D eigenvalue weighted by molar-refractivity contribution is -0.135. The highest BCUT2D eigenvalue weighted by Crippen LogP contribution is 2.14. The molecule has 1 rings (SSSR count). The number of ether oxygens (including phenoxy) is 2. The molecule has 1 aromatic rings. The molecule has 1 aromatic carbocycles. The number of carbonyl (C=O) groups is 1. The van der Waals surface area contributed by atoms with Gasteiger partial charge in [0.15, 0.2) is 0 Å². The Labute approximate surface area is 100 Å². The zero-order valence-corrected chi connectivity index (χ0v) is 10.2. The van der Waals surface area contributed by atoms with E-state index in [0.29, 0.717) is 6.61 Å². The zero-order valence-electron chi connectivity index (χ0n) is 10.2. The van der Waals surface area contributed by atoms with Gasteiger partial charge < -0.3 is 9.47 Å². The number of nitrogens with zero attached hydrogens (tertiary/aromatic N) is 1. The highest BCUT2D eigenvalue weighted by atomic mass is 16.5. The summed E-state index contributed by atoms with van der Waals surface area (Å²) < 4.78 is 9.83. The van der Waals surface area contributed by atoms with Crippen LogP contribution in [0, 0.1) is 0 Å². The Morgan fingerprint density at radius 1 is 1.35 bits per heavy atom. The molecule has 0 unspecified atom stereocenters. The zero-order chi connectivity index (χ0) is 12.7. The van der Waals surface area contributed by atoms with Gasteiger partial charge >= 0.3 is 5.97 Å². The minimum absolute atomic E-state index is 0.280. The molecule has 0 aliphatic rings. The van der Waals surface area contributed by atoms with E-state index in [4.69, 9.17) is 9.47 Å². The van der Waals surface area contributed by atoms with Crippen LogP contribution in [0.3, 0.4) is 0 Å². The SMILES string of the molecule is CCOC(=O)C(C)=NNc1ccc(OC)cc1. The molecule has 0 heterocycles. The normalized spacial score (nSPS) is 10.9. The molecule has 0 saturated heterocycles. The van der Waals surface area contributed by atoms with Crippen molar-refractivity contribution in [2.45, 2.75) is 13.8 Å². The number of rotatable bonds is 5. The third-order valence-electron chi connectivity index (χ3n) is 2.01. The van der Waals surface area contributed by atoms with E-state index < -0.39 is 5.97 Å². The Kier molecular flexibility index (Phi) is 5.00. The minimum atomic E-state index is -0.423. The number of methoxy groups -OCH3 is 1. The van der Waals surface area contributed by atoms with Gasteiger partial charge in [0.05, 0.1) is 19.4 Å². The largest absolute Gasteiger partial charge is 0.497 e. The van der Waals surface area contributed by atoms with Crippen LogP contribution in [0.15, 0.2) is 29.4 Å². The first-order valence-corrected chi connectivity index (χ1v) is 5.28. The number of benzene rings is 1. The highest BCUT2D eigenvalue weighted by molar-refractivity contribution is 6.35. The van der Waals surface area contributed by atoms with E-state index >= 15 is 0 Å². The molecule has 0 amide bonds. The van der Waals surface area contributed by atoms with Crippen LogP contribution < -0.4 is 10.2 Å². The van der Waals surface area contributed by atoms with Crippen molar-refractivity contribution in [1.82, 2.24) is 0 Å². The molecular formula is C12H16N2O3. The number of nitrogens with one attached hydrogen (secondary N) is 1. The van der Waals surface area contributed by atoms with Crippen LogP contribution >= 0.6 is 0 Å². The van der Waals surface area contributed by atoms with Crippen molar-refractivity contribution in [3.05, 3.63) is 24.3 Å². The van der Waals surface area contributed by atoms with Crippen LogP contribution in [-0.4, -0.2) is 25.4 Å². The van der Waals surface area contributed by atoms with Crippen LogP contribution in [0.25, 0.3) is 0 Å². The van der Waals surface area contributed by atoms with Gasteiger partial charge in [0, 0.05) is 0 Å². The first-order chi connectivity index (χ1) is 8.17. The molecule has 0 aliphatic carbocycles. The lowest BCUT2D eigenvalue weighted by Crippen LogP contribution is -2.15. The van der Waals surface area contributed by atoms with Crippen molar-refractivity contribution in [3.63, 3.8) is 0 Å². The van der Waals surface area contributed by atoms with E-state index in [0.717, 1.165) is 11.4 Å². The molecular weight excluding hydrogens is 220 g/mol. The average molecular weight is 236 g/mol. The van der Waals surface area contributed by atoms with Crippen molar-refractivity contribution in [2.24, 2.45) is 5.10 Å². The van der Waals surface area contributed by atoms with Crippen LogP contribution in [-0.2, 0) is 9.53 Å². The number of carbonyl (C=O) groups excluding carboxylic acids is 1. The summed E-state index contributed by atoms with van der Waals surface area (Å²) in [6.45, 7) is 3.69. The van der Waals surface area contributed by atoms with Crippen LogP contribution in [0.1, 0.15) is 13.8 Å². The van der Waals surface area contributed by atoms with E-state index in [1.165, 1.54) is 0 Å². The van der Waals surface area contributed by atoms with Crippen molar-refractivity contribution in [2.75, 3.05) is 19.1 Å². The molecule has 17 heavy (non-hydrogen) atoms. The standard InChI is InChI=1S/C12H16N2O3/c1-4-17-12(15)9(2)13-14-10-5-7-11(16-3)8-6-10/h5-8,14H,4H2,1-3H3. The number of esters is 1. The molecule has 0 aromatic heterocycles. The summed E-state index contributed by atoms with van der Waals surface area (Å²) in [6, 6.07) is 7.22. The summed E-state index contributed by atoms with van der Waals surface area (Å²) in [7, 11) is 1.60. The number of hydrogen-bond acceptors (Lipinski definition) is 5. The lowest BCUT2D eigenvalue weighted by atomic mass is 10.3. The molecule has 0 radical (unpaired) electrons. The molecule has 0 spiro atoms. The van der Waals surface area contributed by atoms with Crippen LogP contribution in [0.4, 0.5) is 5.69 Å². The molecule has 5 heteroatoms. The first kappa shape index (κ1) is 13.0. The van der Waals surface area contributed by atoms with Crippen molar-refractivity contribution in [1.29, 1.82) is 0 Å². The fourth-order valence-electron chi connectivity index (χ4n) is 1.10. The second kappa shape index (κ2) is 6.52.